The summed E-state index contributed by atoms with van der Waals surface area (Å²) in [5.74, 6) is -2.24. The molecule has 2 fully saturated rings. The molecule has 36 heavy (non-hydrogen) atoms. The molecule has 6 rings (SSSR count). The molecule has 0 aromatic carbocycles. The zero-order chi connectivity index (χ0) is 25.0. The van der Waals surface area contributed by atoms with E-state index in [1.54, 1.807) is 6.20 Å². The Labute approximate surface area is 203 Å². The molecule has 2 aliphatic heterocycles. The summed E-state index contributed by atoms with van der Waals surface area (Å²) in [6.07, 6.45) is 3.68. The number of alkyl halides is 3. The minimum absolute atomic E-state index is 0.178. The molecule has 0 spiro atoms. The van der Waals surface area contributed by atoms with E-state index >= 15 is 0 Å². The van der Waals surface area contributed by atoms with Crippen molar-refractivity contribution in [3.8, 4) is 11.3 Å². The lowest BCUT2D eigenvalue weighted by Crippen LogP contribution is -2.56. The van der Waals surface area contributed by atoms with Crippen LogP contribution in [0.4, 0.5) is 13.2 Å². The topological polar surface area (TPSA) is 109 Å². The normalized spacial score (nSPS) is 18.2. The average molecular weight is 499 g/mol. The standard InChI is InChI=1S/C23H22F3N8O2/c1-13-31-19(20(36-13)23(24,25)26)22(35)32-6-3-15(4-7-32)33-10-16(11-33)34-9-14(8-30-34)18-17-2-5-27-21(17)29-12-28-18/h2,5,8-9,12,15H,3-4,6-7,10-11H2,1H3,(H,27,28,29). The van der Waals surface area contributed by atoms with Crippen LogP contribution >= 0.6 is 0 Å². The lowest BCUT2D eigenvalue weighted by atomic mass is 9.97. The number of fused-ring (bicyclic) bond motifs is 1. The first-order valence-electron chi connectivity index (χ1n) is 11.5. The zero-order valence-corrected chi connectivity index (χ0v) is 19.3. The smallest absolute Gasteiger partial charge is 0.436 e. The molecular formula is C23H22F3N8O2. The maximum Gasteiger partial charge on any atom is 0.452 e. The van der Waals surface area contributed by atoms with Gasteiger partial charge in [0.2, 0.25) is 5.76 Å². The number of nitrogens with one attached hydrogen (secondary N) is 1. The number of piperidine rings is 1. The summed E-state index contributed by atoms with van der Waals surface area (Å²) in [6, 6.07) is 3.33. The van der Waals surface area contributed by atoms with Crippen molar-refractivity contribution in [2.45, 2.75) is 32.0 Å². The van der Waals surface area contributed by atoms with Gasteiger partial charge in [0.1, 0.15) is 18.0 Å². The third-order valence-corrected chi connectivity index (χ3v) is 6.77. The highest BCUT2D eigenvalue weighted by atomic mass is 19.4. The summed E-state index contributed by atoms with van der Waals surface area (Å²) in [5.41, 5.74) is 1.83. The van der Waals surface area contributed by atoms with Crippen molar-refractivity contribution in [1.82, 2.24) is 39.5 Å². The number of nitrogens with zero attached hydrogens (tertiary/aromatic N) is 7. The second-order valence-electron chi connectivity index (χ2n) is 9.04. The Morgan fingerprint density at radius 1 is 1.19 bits per heavy atom. The fourth-order valence-corrected chi connectivity index (χ4v) is 4.89. The Balaban J connectivity index is 1.05. The monoisotopic (exact) mass is 499 g/mol. The van der Waals surface area contributed by atoms with Crippen molar-refractivity contribution in [3.63, 3.8) is 0 Å². The number of likely N-dealkylation sites (tertiary alicyclic amines) is 2. The molecule has 4 aromatic rings. The lowest BCUT2D eigenvalue weighted by molar-refractivity contribution is -0.153. The maximum atomic E-state index is 13.2. The van der Waals surface area contributed by atoms with Gasteiger partial charge in [-0.2, -0.15) is 18.3 Å². The molecule has 0 bridgehead atoms. The molecule has 2 saturated heterocycles. The number of hydrogen-bond acceptors (Lipinski definition) is 7. The van der Waals surface area contributed by atoms with E-state index in [0.29, 0.717) is 25.9 Å². The number of hydrogen-bond donors (Lipinski definition) is 1. The van der Waals surface area contributed by atoms with Crippen LogP contribution in [0, 0.1) is 13.0 Å². The molecule has 0 aliphatic carbocycles. The van der Waals surface area contributed by atoms with Gasteiger partial charge < -0.3 is 14.3 Å². The van der Waals surface area contributed by atoms with Gasteiger partial charge in [-0.25, -0.2) is 15.0 Å². The first-order valence-corrected chi connectivity index (χ1v) is 11.5. The third-order valence-electron chi connectivity index (χ3n) is 6.77. The summed E-state index contributed by atoms with van der Waals surface area (Å²) >= 11 is 0. The average Bonchev–Trinajstić information content (AvgIpc) is 3.57. The summed E-state index contributed by atoms with van der Waals surface area (Å²) in [7, 11) is 0. The molecule has 13 heteroatoms. The van der Waals surface area contributed by atoms with E-state index in [0.717, 1.165) is 41.4 Å². The number of carbonyl (C=O) groups excluding carboxylic acids is 1. The van der Waals surface area contributed by atoms with Gasteiger partial charge in [0.25, 0.3) is 5.91 Å². The molecular weight excluding hydrogens is 477 g/mol. The summed E-state index contributed by atoms with van der Waals surface area (Å²) < 4.78 is 46.2. The number of aromatic amines is 1. The maximum absolute atomic E-state index is 13.2. The van der Waals surface area contributed by atoms with Crippen LogP contribution in [0.1, 0.15) is 35.0 Å². The molecule has 0 atom stereocenters. The quantitative estimate of drug-likeness (QED) is 0.460. The van der Waals surface area contributed by atoms with Gasteiger partial charge in [0.15, 0.2) is 11.6 Å². The van der Waals surface area contributed by atoms with Crippen molar-refractivity contribution in [3.05, 3.63) is 54.4 Å². The fraction of sp³-hybridized carbons (Fsp3) is 0.391. The van der Waals surface area contributed by atoms with Crippen molar-refractivity contribution in [2.75, 3.05) is 26.2 Å². The lowest BCUT2D eigenvalue weighted by Gasteiger charge is -2.46. The molecule has 6 heterocycles. The second-order valence-corrected chi connectivity index (χ2v) is 9.04. The molecule has 187 valence electrons. The van der Waals surface area contributed by atoms with E-state index in [1.807, 2.05) is 23.1 Å². The highest BCUT2D eigenvalue weighted by Gasteiger charge is 2.43. The van der Waals surface area contributed by atoms with Gasteiger partial charge in [-0.3, -0.25) is 14.4 Å². The Morgan fingerprint density at radius 3 is 2.72 bits per heavy atom. The van der Waals surface area contributed by atoms with Gasteiger partial charge >= 0.3 is 6.18 Å². The van der Waals surface area contributed by atoms with Crippen molar-refractivity contribution >= 4 is 16.9 Å². The largest absolute Gasteiger partial charge is 0.452 e. The number of amides is 1. The number of oxazole rings is 1. The van der Waals surface area contributed by atoms with Crippen LogP contribution in [-0.4, -0.2) is 77.6 Å². The molecule has 1 amide bonds. The van der Waals surface area contributed by atoms with Crippen LogP contribution in [0.15, 0.2) is 35.4 Å². The number of H-pyrrole nitrogens is 1. The minimum atomic E-state index is -4.76. The summed E-state index contributed by atoms with van der Waals surface area (Å²) in [6.45, 7) is 3.51. The highest BCUT2D eigenvalue weighted by molar-refractivity contribution is 5.93. The Hall–Kier alpha value is -3.74. The van der Waals surface area contributed by atoms with Crippen molar-refractivity contribution in [1.29, 1.82) is 0 Å². The molecule has 2 aliphatic rings. The predicted molar refractivity (Wildman–Crippen MR) is 120 cm³/mol. The minimum Gasteiger partial charge on any atom is -0.436 e. The van der Waals surface area contributed by atoms with Crippen molar-refractivity contribution < 1.29 is 22.4 Å². The van der Waals surface area contributed by atoms with Gasteiger partial charge in [-0.1, -0.05) is 0 Å². The molecule has 1 N–H and O–H groups in total. The number of rotatable bonds is 4. The van der Waals surface area contributed by atoms with Gasteiger partial charge in [0.05, 0.1) is 11.9 Å². The number of carbonyl (C=O) groups is 1. The Kier molecular flexibility index (Phi) is 5.32. The predicted octanol–water partition coefficient (Wildman–Crippen LogP) is 3.14. The molecule has 10 nitrogen and oxygen atoms in total. The SMILES string of the molecule is Cc1nc(C(=O)N2CCC(N3C[C](n4cc(-c5ncnc6[nH]ccc56)cn4)C3)CC2)c(C(F)(F)F)o1. The van der Waals surface area contributed by atoms with E-state index in [1.165, 1.54) is 18.2 Å². The zero-order valence-electron chi connectivity index (χ0n) is 19.3. The number of halogens is 3. The molecule has 1 radical (unpaired) electrons. The molecule has 4 aromatic heterocycles. The van der Waals surface area contributed by atoms with Crippen molar-refractivity contribution in [2.24, 2.45) is 0 Å². The van der Waals surface area contributed by atoms with Gasteiger partial charge in [0, 0.05) is 62.5 Å². The highest BCUT2D eigenvalue weighted by Crippen LogP contribution is 2.34. The number of aryl methyl sites for hydroxylation is 1. The first-order chi connectivity index (χ1) is 17.3. The Morgan fingerprint density at radius 2 is 1.97 bits per heavy atom. The summed E-state index contributed by atoms with van der Waals surface area (Å²) in [4.78, 5) is 31.9. The Bertz CT molecular complexity index is 1410. The molecule has 0 unspecified atom stereocenters. The van der Waals surface area contributed by atoms with E-state index in [9.17, 15) is 18.0 Å². The van der Waals surface area contributed by atoms with E-state index in [2.05, 4.69) is 34.4 Å². The molecule has 0 saturated carbocycles. The van der Waals surface area contributed by atoms with Crippen LogP contribution in [0.3, 0.4) is 0 Å². The van der Waals surface area contributed by atoms with E-state index in [-0.39, 0.29) is 11.9 Å². The third kappa shape index (κ3) is 3.92. The second kappa shape index (κ2) is 8.43. The van der Waals surface area contributed by atoms with Crippen LogP contribution in [0.25, 0.3) is 22.3 Å². The fourth-order valence-electron chi connectivity index (χ4n) is 4.89. The van der Waals surface area contributed by atoms with Crippen LogP contribution in [-0.2, 0) is 6.18 Å². The van der Waals surface area contributed by atoms with Crippen LogP contribution in [0.2, 0.25) is 0 Å². The van der Waals surface area contributed by atoms with Crippen LogP contribution < -0.4 is 0 Å². The van der Waals surface area contributed by atoms with Crippen LogP contribution in [0.5, 0.6) is 0 Å². The van der Waals surface area contributed by atoms with E-state index in [4.69, 9.17) is 0 Å². The van der Waals surface area contributed by atoms with Gasteiger partial charge in [-0.05, 0) is 18.9 Å². The van der Waals surface area contributed by atoms with Gasteiger partial charge in [-0.15, -0.1) is 0 Å². The first kappa shape index (κ1) is 22.7. The number of aromatic nitrogens is 6. The summed E-state index contributed by atoms with van der Waals surface area (Å²) in [5, 5.41) is 5.44. The van der Waals surface area contributed by atoms with E-state index < -0.39 is 23.5 Å².